The van der Waals surface area contributed by atoms with Crippen molar-refractivity contribution >= 4 is 21.7 Å². The number of benzene rings is 2. The molecule has 0 amide bonds. The smallest absolute Gasteiger partial charge is 0.261 e. The normalized spacial score (nSPS) is 15.1. The summed E-state index contributed by atoms with van der Waals surface area (Å²) in [6.45, 7) is 1.28. The first-order valence-corrected chi connectivity index (χ1v) is 10.3. The Kier molecular flexibility index (Phi) is 5.02. The van der Waals surface area contributed by atoms with Gasteiger partial charge in [-0.05, 0) is 47.9 Å². The molecule has 1 aliphatic rings. The molecule has 0 saturated carbocycles. The van der Waals surface area contributed by atoms with Gasteiger partial charge in [0.05, 0.1) is 29.5 Å². The van der Waals surface area contributed by atoms with E-state index in [4.69, 9.17) is 9.72 Å². The number of aromatic nitrogens is 3. The maximum absolute atomic E-state index is 13.4. The van der Waals surface area contributed by atoms with Crippen molar-refractivity contribution in [1.29, 1.82) is 0 Å². The Labute approximate surface area is 173 Å². The number of ether oxygens (including phenoxy) is 1. The highest BCUT2D eigenvalue weighted by Crippen LogP contribution is 2.28. The predicted molar refractivity (Wildman–Crippen MR) is 116 cm³/mol. The molecule has 1 N–H and O–H groups in total. The third-order valence-electron chi connectivity index (χ3n) is 5.90. The highest BCUT2D eigenvalue weighted by atomic mass is 16.5. The van der Waals surface area contributed by atoms with Crippen LogP contribution in [0.15, 0.2) is 59.8 Å². The number of hydrogen-bond donors (Lipinski definition) is 1. The van der Waals surface area contributed by atoms with Crippen LogP contribution in [-0.2, 0) is 17.8 Å². The van der Waals surface area contributed by atoms with Crippen molar-refractivity contribution in [3.8, 4) is 0 Å². The molecule has 0 aliphatic carbocycles. The standard InChI is InChI=1S/C24H23N3O3/c28-14-18-6-5-16(13-25-18)11-17-12-22-23(21-4-2-1-3-20(17)21)26-15-27(24(22)29)19-7-9-30-10-8-19/h1-6,12-13,15,19,28H,7-11,14H2. The summed E-state index contributed by atoms with van der Waals surface area (Å²) in [5.74, 6) is 0. The summed E-state index contributed by atoms with van der Waals surface area (Å²) in [5, 5.41) is 12.0. The van der Waals surface area contributed by atoms with Gasteiger partial charge in [0.2, 0.25) is 0 Å². The van der Waals surface area contributed by atoms with Crippen molar-refractivity contribution in [3.63, 3.8) is 0 Å². The third kappa shape index (κ3) is 3.38. The van der Waals surface area contributed by atoms with E-state index in [1.54, 1.807) is 17.1 Å². The van der Waals surface area contributed by atoms with Gasteiger partial charge in [0.1, 0.15) is 0 Å². The van der Waals surface area contributed by atoms with Gasteiger partial charge in [-0.15, -0.1) is 0 Å². The molecule has 0 atom stereocenters. The van der Waals surface area contributed by atoms with Crippen LogP contribution in [0, 0.1) is 0 Å². The number of rotatable bonds is 4. The molecule has 3 heterocycles. The summed E-state index contributed by atoms with van der Waals surface area (Å²) < 4.78 is 7.23. The van der Waals surface area contributed by atoms with Gasteiger partial charge in [-0.1, -0.05) is 30.3 Å². The largest absolute Gasteiger partial charge is 0.390 e. The van der Waals surface area contributed by atoms with E-state index in [9.17, 15) is 9.90 Å². The second-order valence-electron chi connectivity index (χ2n) is 7.77. The predicted octanol–water partition coefficient (Wildman–Crippen LogP) is 3.38. The van der Waals surface area contributed by atoms with Crippen molar-refractivity contribution < 1.29 is 9.84 Å². The lowest BCUT2D eigenvalue weighted by Crippen LogP contribution is -2.29. The fraction of sp³-hybridized carbons (Fsp3) is 0.292. The lowest BCUT2D eigenvalue weighted by atomic mass is 9.96. The van der Waals surface area contributed by atoms with Gasteiger partial charge in [0.25, 0.3) is 5.56 Å². The van der Waals surface area contributed by atoms with E-state index in [1.807, 2.05) is 36.4 Å². The quantitative estimate of drug-likeness (QED) is 0.531. The molecule has 4 aromatic rings. The Morgan fingerprint density at radius 3 is 2.57 bits per heavy atom. The molecule has 2 aromatic heterocycles. The molecular weight excluding hydrogens is 378 g/mol. The van der Waals surface area contributed by atoms with Crippen LogP contribution in [0.4, 0.5) is 0 Å². The Hall–Kier alpha value is -3.09. The highest BCUT2D eigenvalue weighted by molar-refractivity contribution is 6.06. The second-order valence-corrected chi connectivity index (χ2v) is 7.77. The summed E-state index contributed by atoms with van der Waals surface area (Å²) >= 11 is 0. The molecule has 152 valence electrons. The molecule has 0 unspecified atom stereocenters. The zero-order valence-corrected chi connectivity index (χ0v) is 16.6. The molecule has 1 fully saturated rings. The van der Waals surface area contributed by atoms with Crippen LogP contribution in [0.1, 0.15) is 35.7 Å². The summed E-state index contributed by atoms with van der Waals surface area (Å²) in [7, 11) is 0. The zero-order chi connectivity index (χ0) is 20.5. The maximum atomic E-state index is 13.4. The minimum atomic E-state index is -0.0728. The van der Waals surface area contributed by atoms with E-state index >= 15 is 0 Å². The van der Waals surface area contributed by atoms with Crippen LogP contribution in [0.2, 0.25) is 0 Å². The van der Waals surface area contributed by atoms with Crippen LogP contribution < -0.4 is 5.56 Å². The van der Waals surface area contributed by atoms with Crippen LogP contribution in [0.25, 0.3) is 21.7 Å². The van der Waals surface area contributed by atoms with Gasteiger partial charge in [-0.2, -0.15) is 0 Å². The molecule has 5 rings (SSSR count). The molecule has 0 bridgehead atoms. The van der Waals surface area contributed by atoms with Gasteiger partial charge in [-0.3, -0.25) is 14.3 Å². The molecule has 30 heavy (non-hydrogen) atoms. The molecule has 0 radical (unpaired) electrons. The molecule has 2 aromatic carbocycles. The zero-order valence-electron chi connectivity index (χ0n) is 16.6. The number of pyridine rings is 1. The van der Waals surface area contributed by atoms with Gasteiger partial charge in [-0.25, -0.2) is 4.98 Å². The van der Waals surface area contributed by atoms with Gasteiger partial charge in [0, 0.05) is 30.8 Å². The van der Waals surface area contributed by atoms with E-state index in [0.717, 1.165) is 40.3 Å². The minimum Gasteiger partial charge on any atom is -0.390 e. The summed E-state index contributed by atoms with van der Waals surface area (Å²) in [5.41, 5.74) is 3.50. The van der Waals surface area contributed by atoms with Crippen LogP contribution in [-0.4, -0.2) is 32.9 Å². The number of hydrogen-bond acceptors (Lipinski definition) is 5. The van der Waals surface area contributed by atoms with Crippen molar-refractivity contribution in [1.82, 2.24) is 14.5 Å². The van der Waals surface area contributed by atoms with Crippen molar-refractivity contribution in [2.24, 2.45) is 0 Å². The monoisotopic (exact) mass is 401 g/mol. The number of aliphatic hydroxyl groups is 1. The Bertz CT molecular complexity index is 1260. The van der Waals surface area contributed by atoms with E-state index in [1.165, 1.54) is 0 Å². The first-order chi connectivity index (χ1) is 14.7. The third-order valence-corrected chi connectivity index (χ3v) is 5.90. The molecular formula is C24H23N3O3. The molecule has 1 aliphatic heterocycles. The molecule has 0 spiro atoms. The topological polar surface area (TPSA) is 77.2 Å². The van der Waals surface area contributed by atoms with Gasteiger partial charge >= 0.3 is 0 Å². The van der Waals surface area contributed by atoms with Crippen molar-refractivity contribution in [2.45, 2.75) is 31.9 Å². The second kappa shape index (κ2) is 7.97. The summed E-state index contributed by atoms with van der Waals surface area (Å²) in [4.78, 5) is 22.4. The van der Waals surface area contributed by atoms with Crippen molar-refractivity contribution in [3.05, 3.63) is 82.2 Å². The van der Waals surface area contributed by atoms with E-state index < -0.39 is 0 Å². The van der Waals surface area contributed by atoms with Crippen LogP contribution in [0.5, 0.6) is 0 Å². The maximum Gasteiger partial charge on any atom is 0.261 e. The van der Waals surface area contributed by atoms with E-state index in [0.29, 0.717) is 30.7 Å². The Morgan fingerprint density at radius 1 is 1.03 bits per heavy atom. The lowest BCUT2D eigenvalue weighted by Gasteiger charge is -2.24. The van der Waals surface area contributed by atoms with Gasteiger partial charge < -0.3 is 9.84 Å². The molecule has 1 saturated heterocycles. The number of nitrogens with zero attached hydrogens (tertiary/aromatic N) is 3. The van der Waals surface area contributed by atoms with E-state index in [-0.39, 0.29) is 18.2 Å². The highest BCUT2D eigenvalue weighted by Gasteiger charge is 2.19. The first-order valence-electron chi connectivity index (χ1n) is 10.3. The summed E-state index contributed by atoms with van der Waals surface area (Å²) in [6.07, 6.45) is 5.80. The van der Waals surface area contributed by atoms with Gasteiger partial charge in [0.15, 0.2) is 0 Å². The fourth-order valence-electron chi connectivity index (χ4n) is 4.29. The van der Waals surface area contributed by atoms with E-state index in [2.05, 4.69) is 11.1 Å². The minimum absolute atomic E-state index is 0.00709. The van der Waals surface area contributed by atoms with Crippen molar-refractivity contribution in [2.75, 3.05) is 13.2 Å². The average Bonchev–Trinajstić information content (AvgIpc) is 2.81. The average molecular weight is 401 g/mol. The van der Waals surface area contributed by atoms with Crippen LogP contribution in [0.3, 0.4) is 0 Å². The van der Waals surface area contributed by atoms with Crippen LogP contribution >= 0.6 is 0 Å². The number of aliphatic hydroxyl groups excluding tert-OH is 1. The lowest BCUT2D eigenvalue weighted by molar-refractivity contribution is 0.0685. The summed E-state index contributed by atoms with van der Waals surface area (Å²) in [6, 6.07) is 14.0. The Balaban J connectivity index is 1.66. The Morgan fingerprint density at radius 2 is 1.83 bits per heavy atom. The number of fused-ring (bicyclic) bond motifs is 3. The molecule has 6 nitrogen and oxygen atoms in total. The molecule has 6 heteroatoms. The SMILES string of the molecule is O=c1c2cc(Cc3ccc(CO)nc3)c3ccccc3c2ncn1C1CCOCC1. The first kappa shape index (κ1) is 18.9. The fourth-order valence-corrected chi connectivity index (χ4v) is 4.29.